The Balaban J connectivity index is 4.23. The highest BCUT2D eigenvalue weighted by Gasteiger charge is 2.25. The van der Waals surface area contributed by atoms with Crippen LogP contribution in [-0.2, 0) is 28.6 Å². The Hall–Kier alpha value is -3.23. The van der Waals surface area contributed by atoms with Crippen molar-refractivity contribution in [3.8, 4) is 0 Å². The molecule has 66 heavy (non-hydrogen) atoms. The van der Waals surface area contributed by atoms with Crippen LogP contribution in [0, 0.1) is 0 Å². The standard InChI is InChI=1S/C58H101NO7/c1-6-8-10-12-14-16-18-20-22-24-26-27-28-29-31-33-35-37-39-41-43-45-47-49-57(61)66-54(52-64-51-50-55(58(62)63)59(3,4)5)53-65-56(60)48-46-44-42-40-38-36-34-32-30-25-23-21-19-17-15-13-11-9-7-2/h8,10,14-17,20-23,26-27,54-55H,6-7,9,11-13,18-19,24-25,28-53H2,1-5H3/b10-8-,16-14-,17-15-,22-20-,23-21-,27-26-. The van der Waals surface area contributed by atoms with E-state index in [1.165, 1.54) is 122 Å². The van der Waals surface area contributed by atoms with Crippen molar-refractivity contribution in [2.24, 2.45) is 0 Å². The summed E-state index contributed by atoms with van der Waals surface area (Å²) in [5.41, 5.74) is 0. The summed E-state index contributed by atoms with van der Waals surface area (Å²) in [6.07, 6.45) is 62.1. The first kappa shape index (κ1) is 62.8. The number of unbranched alkanes of at least 4 members (excludes halogenated alkanes) is 22. The summed E-state index contributed by atoms with van der Waals surface area (Å²) in [7, 11) is 5.41. The van der Waals surface area contributed by atoms with Crippen molar-refractivity contribution < 1.29 is 38.2 Å². The van der Waals surface area contributed by atoms with E-state index in [1.54, 1.807) is 21.1 Å². The number of esters is 2. The highest BCUT2D eigenvalue weighted by Crippen LogP contribution is 2.15. The molecular weight excluding hydrogens is 823 g/mol. The van der Waals surface area contributed by atoms with Crippen molar-refractivity contribution in [3.63, 3.8) is 0 Å². The van der Waals surface area contributed by atoms with Crippen LogP contribution >= 0.6 is 0 Å². The monoisotopic (exact) mass is 924 g/mol. The van der Waals surface area contributed by atoms with E-state index in [4.69, 9.17) is 14.2 Å². The van der Waals surface area contributed by atoms with E-state index in [-0.39, 0.29) is 42.7 Å². The second-order valence-corrected chi connectivity index (χ2v) is 19.1. The molecule has 0 fully saturated rings. The maximum Gasteiger partial charge on any atom is 0.306 e. The van der Waals surface area contributed by atoms with Crippen LogP contribution in [0.1, 0.15) is 226 Å². The third-order valence-electron chi connectivity index (χ3n) is 11.8. The van der Waals surface area contributed by atoms with Crippen LogP contribution in [-0.4, -0.2) is 75.5 Å². The molecule has 0 aliphatic heterocycles. The van der Waals surface area contributed by atoms with Crippen LogP contribution in [0.3, 0.4) is 0 Å². The topological polar surface area (TPSA) is 102 Å². The van der Waals surface area contributed by atoms with Gasteiger partial charge >= 0.3 is 11.9 Å². The minimum absolute atomic E-state index is 0.0356. The number of carboxylic acids is 1. The Kier molecular flexibility index (Phi) is 45.9. The molecule has 8 nitrogen and oxygen atoms in total. The van der Waals surface area contributed by atoms with Gasteiger partial charge in [0.2, 0.25) is 0 Å². The molecule has 8 heteroatoms. The van der Waals surface area contributed by atoms with E-state index in [1.807, 2.05) is 0 Å². The maximum atomic E-state index is 12.8. The Morgan fingerprint density at radius 3 is 1.26 bits per heavy atom. The molecule has 2 unspecified atom stereocenters. The van der Waals surface area contributed by atoms with E-state index in [0.717, 1.165) is 70.6 Å². The van der Waals surface area contributed by atoms with Gasteiger partial charge in [0.25, 0.3) is 0 Å². The Morgan fingerprint density at radius 2 is 0.848 bits per heavy atom. The highest BCUT2D eigenvalue weighted by atomic mass is 16.6. The minimum Gasteiger partial charge on any atom is -0.544 e. The van der Waals surface area contributed by atoms with Gasteiger partial charge in [-0.05, 0) is 83.5 Å². The van der Waals surface area contributed by atoms with E-state index < -0.39 is 18.1 Å². The number of carboxylic acid groups (broad SMARTS) is 1. The van der Waals surface area contributed by atoms with Crippen LogP contribution in [0.4, 0.5) is 0 Å². The fraction of sp³-hybridized carbons (Fsp3) is 0.741. The molecule has 0 N–H and O–H groups in total. The molecule has 0 aromatic heterocycles. The van der Waals surface area contributed by atoms with Gasteiger partial charge in [0.15, 0.2) is 6.10 Å². The molecule has 0 aliphatic rings. The van der Waals surface area contributed by atoms with Gasteiger partial charge in [-0.25, -0.2) is 0 Å². The predicted octanol–water partition coefficient (Wildman–Crippen LogP) is 14.5. The van der Waals surface area contributed by atoms with Crippen LogP contribution in [0.5, 0.6) is 0 Å². The number of hydrogen-bond donors (Lipinski definition) is 0. The number of rotatable bonds is 48. The summed E-state index contributed by atoms with van der Waals surface area (Å²) in [6.45, 7) is 4.53. The number of quaternary nitrogens is 1. The predicted molar refractivity (Wildman–Crippen MR) is 277 cm³/mol. The van der Waals surface area contributed by atoms with Crippen LogP contribution in [0.2, 0.25) is 0 Å². The van der Waals surface area contributed by atoms with Crippen LogP contribution in [0.15, 0.2) is 72.9 Å². The summed E-state index contributed by atoms with van der Waals surface area (Å²) < 4.78 is 17.3. The number of allylic oxidation sites excluding steroid dienone is 12. The largest absolute Gasteiger partial charge is 0.544 e. The summed E-state index contributed by atoms with van der Waals surface area (Å²) in [5.74, 6) is -1.74. The molecule has 0 aromatic rings. The summed E-state index contributed by atoms with van der Waals surface area (Å²) in [5, 5.41) is 11.7. The molecule has 380 valence electrons. The van der Waals surface area contributed by atoms with Crippen molar-refractivity contribution in [2.45, 2.75) is 238 Å². The lowest BCUT2D eigenvalue weighted by molar-refractivity contribution is -0.889. The quantitative estimate of drug-likeness (QED) is 0.0259. The second-order valence-electron chi connectivity index (χ2n) is 19.1. The number of likely N-dealkylation sites (N-methyl/N-ethyl adjacent to an activating group) is 1. The molecule has 0 heterocycles. The second kappa shape index (κ2) is 48.2. The first-order valence-electron chi connectivity index (χ1n) is 27.0. The fourth-order valence-corrected chi connectivity index (χ4v) is 7.68. The Morgan fingerprint density at radius 1 is 0.470 bits per heavy atom. The highest BCUT2D eigenvalue weighted by molar-refractivity contribution is 5.70. The van der Waals surface area contributed by atoms with Gasteiger partial charge in [-0.2, -0.15) is 0 Å². The number of aliphatic carboxylic acids is 1. The smallest absolute Gasteiger partial charge is 0.306 e. The number of carbonyl (C=O) groups is 3. The third-order valence-corrected chi connectivity index (χ3v) is 11.8. The van der Waals surface area contributed by atoms with Gasteiger partial charge in [0.1, 0.15) is 12.6 Å². The van der Waals surface area contributed by atoms with Crippen LogP contribution in [0.25, 0.3) is 0 Å². The number of hydrogen-bond acceptors (Lipinski definition) is 7. The number of carbonyl (C=O) groups excluding carboxylic acids is 3. The molecule has 0 saturated heterocycles. The van der Waals surface area contributed by atoms with Gasteiger partial charge in [0.05, 0.1) is 40.3 Å². The average Bonchev–Trinajstić information content (AvgIpc) is 3.28. The van der Waals surface area contributed by atoms with Gasteiger partial charge in [0, 0.05) is 19.3 Å². The molecule has 2 atom stereocenters. The molecule has 0 aliphatic carbocycles. The first-order chi connectivity index (χ1) is 32.1. The van der Waals surface area contributed by atoms with Crippen molar-refractivity contribution in [2.75, 3.05) is 41.0 Å². The molecule has 0 rings (SSSR count). The lowest BCUT2D eigenvalue weighted by atomic mass is 10.0. The molecule has 0 radical (unpaired) electrons. The molecule has 0 spiro atoms. The van der Waals surface area contributed by atoms with Gasteiger partial charge < -0.3 is 28.6 Å². The SMILES string of the molecule is CC/C=C\C/C=C\C/C=C\C/C=C\CCCCCCCCCCCCC(=O)OC(COCCC(C(=O)[O-])[N+](C)(C)C)COC(=O)CCCCCCCCCCC/C=C\C/C=C\CCCCC. The lowest BCUT2D eigenvalue weighted by Gasteiger charge is -2.34. The zero-order valence-corrected chi connectivity index (χ0v) is 43.3. The number of nitrogens with zero attached hydrogens (tertiary/aromatic N) is 1. The molecule has 0 aromatic carbocycles. The summed E-state index contributed by atoms with van der Waals surface area (Å²) in [6, 6.07) is -0.731. The van der Waals surface area contributed by atoms with E-state index in [9.17, 15) is 19.5 Å². The minimum atomic E-state index is -1.13. The zero-order chi connectivity index (χ0) is 48.4. The van der Waals surface area contributed by atoms with Crippen LogP contribution < -0.4 is 5.11 Å². The van der Waals surface area contributed by atoms with Crippen molar-refractivity contribution in [1.29, 1.82) is 0 Å². The number of ether oxygens (including phenoxy) is 3. The maximum absolute atomic E-state index is 12.8. The van der Waals surface area contributed by atoms with E-state index in [0.29, 0.717) is 12.8 Å². The zero-order valence-electron chi connectivity index (χ0n) is 43.3. The van der Waals surface area contributed by atoms with E-state index >= 15 is 0 Å². The Bertz CT molecular complexity index is 1310. The van der Waals surface area contributed by atoms with Gasteiger partial charge in [-0.15, -0.1) is 0 Å². The van der Waals surface area contributed by atoms with Gasteiger partial charge in [-0.3, -0.25) is 9.59 Å². The van der Waals surface area contributed by atoms with E-state index in [2.05, 4.69) is 86.8 Å². The first-order valence-corrected chi connectivity index (χ1v) is 27.0. The lowest BCUT2D eigenvalue weighted by Crippen LogP contribution is -2.55. The fourth-order valence-electron chi connectivity index (χ4n) is 7.68. The van der Waals surface area contributed by atoms with Crippen molar-refractivity contribution in [1.82, 2.24) is 0 Å². The third kappa shape index (κ3) is 45.9. The van der Waals surface area contributed by atoms with Gasteiger partial charge in [-0.1, -0.05) is 196 Å². The Labute approximate surface area is 406 Å². The average molecular weight is 924 g/mol. The van der Waals surface area contributed by atoms with Crippen molar-refractivity contribution in [3.05, 3.63) is 72.9 Å². The molecule has 0 saturated carbocycles. The normalized spacial score (nSPS) is 13.4. The molecule has 0 amide bonds. The van der Waals surface area contributed by atoms with Crippen molar-refractivity contribution >= 4 is 17.9 Å². The molecule has 0 bridgehead atoms. The summed E-state index contributed by atoms with van der Waals surface area (Å²) in [4.78, 5) is 37.1. The molecular formula is C58H101NO7. The summed E-state index contributed by atoms with van der Waals surface area (Å²) >= 11 is 0.